The first-order valence-corrected chi connectivity index (χ1v) is 10.1. The fourth-order valence-electron chi connectivity index (χ4n) is 3.43. The van der Waals surface area contributed by atoms with Gasteiger partial charge in [0.1, 0.15) is 0 Å². The molecule has 0 aliphatic carbocycles. The maximum absolute atomic E-state index is 12.3. The van der Waals surface area contributed by atoms with Gasteiger partial charge in [0.15, 0.2) is 5.17 Å². The molecule has 2 heterocycles. The van der Waals surface area contributed by atoms with Crippen molar-refractivity contribution in [1.29, 1.82) is 0 Å². The summed E-state index contributed by atoms with van der Waals surface area (Å²) >= 11 is 1.39. The van der Waals surface area contributed by atoms with E-state index < -0.39 is 0 Å². The monoisotopic (exact) mass is 377 g/mol. The number of hydrogen-bond acceptors (Lipinski definition) is 4. The van der Waals surface area contributed by atoms with Crippen LogP contribution in [0.15, 0.2) is 52.4 Å². The SMILES string of the molecule is Cc1cccc(N=C2NC(=O)/C(=C/c3ccc(N4CCCC4)cc3C)S2)c1. The molecule has 0 aromatic heterocycles. The van der Waals surface area contributed by atoms with Gasteiger partial charge in [0.05, 0.1) is 10.6 Å². The first kappa shape index (κ1) is 17.9. The van der Waals surface area contributed by atoms with Crippen LogP contribution < -0.4 is 10.2 Å². The summed E-state index contributed by atoms with van der Waals surface area (Å²) in [6.45, 7) is 6.41. The molecule has 27 heavy (non-hydrogen) atoms. The number of carbonyl (C=O) groups is 1. The number of thioether (sulfide) groups is 1. The number of amides is 1. The number of rotatable bonds is 3. The molecule has 2 aliphatic heterocycles. The van der Waals surface area contributed by atoms with Gasteiger partial charge in [0.25, 0.3) is 5.91 Å². The number of anilines is 1. The predicted molar refractivity (Wildman–Crippen MR) is 115 cm³/mol. The standard InChI is InChI=1S/C22H23N3OS/c1-15-6-5-7-18(12-15)23-22-24-21(26)20(27-22)14-17-8-9-19(13-16(17)2)25-10-3-4-11-25/h5-9,12-14H,3-4,10-11H2,1-2H3,(H,23,24,26)/b20-14-. The molecule has 138 valence electrons. The summed E-state index contributed by atoms with van der Waals surface area (Å²) in [4.78, 5) is 20.0. The topological polar surface area (TPSA) is 44.7 Å². The third-order valence-electron chi connectivity index (χ3n) is 4.89. The van der Waals surface area contributed by atoms with Crippen LogP contribution in [0, 0.1) is 13.8 Å². The van der Waals surface area contributed by atoms with Gasteiger partial charge in [0, 0.05) is 18.8 Å². The number of nitrogens with one attached hydrogen (secondary N) is 1. The molecule has 0 atom stereocenters. The second-order valence-electron chi connectivity index (χ2n) is 7.06. The largest absolute Gasteiger partial charge is 0.372 e. The van der Waals surface area contributed by atoms with Crippen molar-refractivity contribution in [2.45, 2.75) is 26.7 Å². The molecule has 0 saturated carbocycles. The van der Waals surface area contributed by atoms with Crippen molar-refractivity contribution < 1.29 is 4.79 Å². The summed E-state index contributed by atoms with van der Waals surface area (Å²) < 4.78 is 0. The Labute approximate surface area is 164 Å². The molecule has 1 N–H and O–H groups in total. The van der Waals surface area contributed by atoms with E-state index >= 15 is 0 Å². The maximum Gasteiger partial charge on any atom is 0.264 e. The molecule has 0 radical (unpaired) electrons. The van der Waals surface area contributed by atoms with E-state index in [1.807, 2.05) is 37.3 Å². The number of nitrogens with zero attached hydrogens (tertiary/aromatic N) is 2. The number of amidine groups is 1. The molecule has 0 spiro atoms. The molecular formula is C22H23N3OS. The van der Waals surface area contributed by atoms with Gasteiger partial charge in [-0.15, -0.1) is 0 Å². The summed E-state index contributed by atoms with van der Waals surface area (Å²) in [5.74, 6) is -0.0885. The Morgan fingerprint density at radius 2 is 1.93 bits per heavy atom. The highest BCUT2D eigenvalue weighted by molar-refractivity contribution is 8.18. The summed E-state index contributed by atoms with van der Waals surface area (Å²) in [6.07, 6.45) is 4.50. The molecule has 2 aromatic rings. The van der Waals surface area contributed by atoms with Crippen LogP contribution in [0.1, 0.15) is 29.5 Å². The van der Waals surface area contributed by atoms with E-state index in [1.54, 1.807) is 0 Å². The minimum Gasteiger partial charge on any atom is -0.372 e. The Kier molecular flexibility index (Phi) is 5.03. The first-order valence-electron chi connectivity index (χ1n) is 9.30. The van der Waals surface area contributed by atoms with Crippen LogP contribution >= 0.6 is 11.8 Å². The van der Waals surface area contributed by atoms with Gasteiger partial charge in [-0.05, 0) is 85.5 Å². The van der Waals surface area contributed by atoms with E-state index in [0.717, 1.165) is 29.9 Å². The Hall–Kier alpha value is -2.53. The summed E-state index contributed by atoms with van der Waals surface area (Å²) in [6, 6.07) is 14.4. The van der Waals surface area contributed by atoms with Crippen LogP contribution in [-0.2, 0) is 4.79 Å². The normalized spacial score (nSPS) is 19.9. The zero-order valence-electron chi connectivity index (χ0n) is 15.7. The molecule has 5 heteroatoms. The van der Waals surface area contributed by atoms with E-state index in [2.05, 4.69) is 40.3 Å². The summed E-state index contributed by atoms with van der Waals surface area (Å²) in [5, 5.41) is 3.49. The van der Waals surface area contributed by atoms with Gasteiger partial charge in [-0.2, -0.15) is 0 Å². The molecule has 4 rings (SSSR count). The van der Waals surface area contributed by atoms with Crippen molar-refractivity contribution in [3.63, 3.8) is 0 Å². The lowest BCUT2D eigenvalue weighted by Crippen LogP contribution is -2.19. The van der Waals surface area contributed by atoms with Gasteiger partial charge in [-0.25, -0.2) is 4.99 Å². The van der Waals surface area contributed by atoms with Crippen LogP contribution in [0.3, 0.4) is 0 Å². The van der Waals surface area contributed by atoms with Crippen molar-refractivity contribution >= 4 is 40.3 Å². The lowest BCUT2D eigenvalue weighted by molar-refractivity contribution is -0.115. The van der Waals surface area contributed by atoms with E-state index in [4.69, 9.17) is 0 Å². The van der Waals surface area contributed by atoms with Crippen molar-refractivity contribution in [2.75, 3.05) is 18.0 Å². The molecule has 2 fully saturated rings. The number of aryl methyl sites for hydroxylation is 2. The number of aliphatic imine (C=N–C) groups is 1. The van der Waals surface area contributed by atoms with Crippen molar-refractivity contribution in [1.82, 2.24) is 5.32 Å². The van der Waals surface area contributed by atoms with Gasteiger partial charge in [0.2, 0.25) is 0 Å². The van der Waals surface area contributed by atoms with Gasteiger partial charge >= 0.3 is 0 Å². The Balaban J connectivity index is 1.54. The maximum atomic E-state index is 12.3. The summed E-state index contributed by atoms with van der Waals surface area (Å²) in [7, 11) is 0. The van der Waals surface area contributed by atoms with Crippen LogP contribution in [-0.4, -0.2) is 24.2 Å². The molecule has 1 amide bonds. The highest BCUT2D eigenvalue weighted by atomic mass is 32.2. The molecule has 4 nitrogen and oxygen atoms in total. The molecule has 2 aliphatic rings. The molecule has 2 saturated heterocycles. The molecular weight excluding hydrogens is 354 g/mol. The van der Waals surface area contributed by atoms with Crippen LogP contribution in [0.2, 0.25) is 0 Å². The Morgan fingerprint density at radius 3 is 2.67 bits per heavy atom. The van der Waals surface area contributed by atoms with E-state index in [-0.39, 0.29) is 5.91 Å². The second kappa shape index (κ2) is 7.61. The third-order valence-corrected chi connectivity index (χ3v) is 5.80. The lowest BCUT2D eigenvalue weighted by Gasteiger charge is -2.18. The lowest BCUT2D eigenvalue weighted by atomic mass is 10.1. The average Bonchev–Trinajstić information content (AvgIpc) is 3.27. The highest BCUT2D eigenvalue weighted by Gasteiger charge is 2.24. The Morgan fingerprint density at radius 1 is 1.11 bits per heavy atom. The highest BCUT2D eigenvalue weighted by Crippen LogP contribution is 2.30. The van der Waals surface area contributed by atoms with E-state index in [1.165, 1.54) is 35.9 Å². The zero-order chi connectivity index (χ0) is 18.8. The number of hydrogen-bond donors (Lipinski definition) is 1. The van der Waals surface area contributed by atoms with Crippen molar-refractivity contribution in [2.24, 2.45) is 4.99 Å². The summed E-state index contributed by atoms with van der Waals surface area (Å²) in [5.41, 5.74) is 5.54. The fraction of sp³-hybridized carbons (Fsp3) is 0.273. The van der Waals surface area contributed by atoms with Crippen LogP contribution in [0.5, 0.6) is 0 Å². The Bertz CT molecular complexity index is 942. The van der Waals surface area contributed by atoms with E-state index in [9.17, 15) is 4.79 Å². The van der Waals surface area contributed by atoms with Crippen LogP contribution in [0.4, 0.5) is 11.4 Å². The number of carbonyl (C=O) groups excluding carboxylic acids is 1. The third kappa shape index (κ3) is 4.08. The fourth-order valence-corrected chi connectivity index (χ4v) is 4.26. The van der Waals surface area contributed by atoms with Crippen LogP contribution in [0.25, 0.3) is 6.08 Å². The smallest absolute Gasteiger partial charge is 0.264 e. The quantitative estimate of drug-likeness (QED) is 0.782. The van der Waals surface area contributed by atoms with Crippen molar-refractivity contribution in [3.05, 3.63) is 64.1 Å². The average molecular weight is 378 g/mol. The van der Waals surface area contributed by atoms with Gasteiger partial charge in [-0.3, -0.25) is 4.79 Å². The zero-order valence-corrected chi connectivity index (χ0v) is 16.5. The molecule has 0 unspecified atom stereocenters. The molecule has 2 aromatic carbocycles. The van der Waals surface area contributed by atoms with E-state index in [0.29, 0.717) is 10.1 Å². The van der Waals surface area contributed by atoms with Crippen molar-refractivity contribution in [3.8, 4) is 0 Å². The number of benzene rings is 2. The first-order chi connectivity index (χ1) is 13.1. The second-order valence-corrected chi connectivity index (χ2v) is 8.09. The minimum atomic E-state index is -0.0885. The van der Waals surface area contributed by atoms with Gasteiger partial charge in [-0.1, -0.05) is 18.2 Å². The van der Waals surface area contributed by atoms with Gasteiger partial charge < -0.3 is 10.2 Å². The molecule has 0 bridgehead atoms. The predicted octanol–water partition coefficient (Wildman–Crippen LogP) is 4.80. The minimum absolute atomic E-state index is 0.0885.